The molecule has 12 heteroatoms. The van der Waals surface area contributed by atoms with E-state index in [-0.39, 0.29) is 29.7 Å². The van der Waals surface area contributed by atoms with Crippen LogP contribution in [0.1, 0.15) is 30.9 Å². The molecule has 5 rings (SSSR count). The summed E-state index contributed by atoms with van der Waals surface area (Å²) >= 11 is 0. The molecule has 6 N–H and O–H groups in total. The van der Waals surface area contributed by atoms with Gasteiger partial charge in [-0.15, -0.1) is 0 Å². The Balaban J connectivity index is 1.42. The Labute approximate surface area is 205 Å². The van der Waals surface area contributed by atoms with Crippen LogP contribution in [0, 0.1) is 0 Å². The molecule has 0 unspecified atom stereocenters. The number of aliphatic hydroxyl groups excluding tert-OH is 3. The zero-order valence-corrected chi connectivity index (χ0v) is 19.7. The Kier molecular flexibility index (Phi) is 5.82. The number of phenolic OH excluding ortho intramolecular Hbond substituents is 1. The van der Waals surface area contributed by atoms with Crippen molar-refractivity contribution in [3.63, 3.8) is 0 Å². The molecule has 4 aliphatic rings. The molecule has 196 valence electrons. The van der Waals surface area contributed by atoms with E-state index in [1.807, 2.05) is 13.1 Å². The SMILES string of the molecule is C[C@H](OC(=O)[C@H](O)[C@@H](O)C(O)O)C(=O)OC1=CC[C@@]2(O)[C@H]3Cc4ccc(O)c5c4[C@@]2(CCN3C)[C@H]1O5. The third-order valence-corrected chi connectivity index (χ3v) is 8.07. The number of piperidine rings is 1. The lowest BCUT2D eigenvalue weighted by Crippen LogP contribution is -2.74. The van der Waals surface area contributed by atoms with Crippen LogP contribution in [-0.4, -0.2) is 103 Å². The van der Waals surface area contributed by atoms with Crippen LogP contribution in [0.25, 0.3) is 0 Å². The number of aliphatic hydroxyl groups is 5. The van der Waals surface area contributed by atoms with Crippen LogP contribution in [0.2, 0.25) is 0 Å². The quantitative estimate of drug-likeness (QED) is 0.187. The van der Waals surface area contributed by atoms with Gasteiger partial charge in [0.05, 0.1) is 11.0 Å². The fourth-order valence-electron chi connectivity index (χ4n) is 6.23. The highest BCUT2D eigenvalue weighted by atomic mass is 16.6. The molecule has 0 aromatic heterocycles. The van der Waals surface area contributed by atoms with Crippen LogP contribution in [-0.2, 0) is 30.9 Å². The number of aromatic hydroxyl groups is 1. The minimum absolute atomic E-state index is 0.0798. The van der Waals surface area contributed by atoms with E-state index in [9.17, 15) is 30.0 Å². The number of benzene rings is 1. The minimum atomic E-state index is -2.39. The monoisotopic (exact) mass is 507 g/mol. The first-order valence-corrected chi connectivity index (χ1v) is 11.7. The highest BCUT2D eigenvalue weighted by Gasteiger charge is 2.72. The number of carbonyl (C=O) groups is 2. The summed E-state index contributed by atoms with van der Waals surface area (Å²) < 4.78 is 16.6. The fourth-order valence-corrected chi connectivity index (χ4v) is 6.23. The molecule has 2 aliphatic heterocycles. The van der Waals surface area contributed by atoms with Crippen molar-refractivity contribution in [1.82, 2.24) is 4.90 Å². The molecule has 0 saturated carbocycles. The molecular formula is C24H29NO11. The summed E-state index contributed by atoms with van der Waals surface area (Å²) in [5.74, 6) is -2.18. The molecule has 12 nitrogen and oxygen atoms in total. The number of likely N-dealkylation sites (tertiary alicyclic amines) is 1. The second kappa shape index (κ2) is 8.40. The summed E-state index contributed by atoms with van der Waals surface area (Å²) in [5.41, 5.74) is -0.538. The van der Waals surface area contributed by atoms with Crippen LogP contribution in [0.3, 0.4) is 0 Å². The van der Waals surface area contributed by atoms with Crippen molar-refractivity contribution in [3.8, 4) is 11.5 Å². The predicted molar refractivity (Wildman–Crippen MR) is 118 cm³/mol. The lowest BCUT2D eigenvalue weighted by Gasteiger charge is -2.61. The summed E-state index contributed by atoms with van der Waals surface area (Å²) in [7, 11) is 1.95. The van der Waals surface area contributed by atoms with E-state index < -0.39 is 53.7 Å². The number of carbonyl (C=O) groups excluding carboxylic acids is 2. The van der Waals surface area contributed by atoms with Crippen LogP contribution in [0.4, 0.5) is 0 Å². The fraction of sp³-hybridized carbons (Fsp3) is 0.583. The van der Waals surface area contributed by atoms with Gasteiger partial charge in [0.1, 0.15) is 11.9 Å². The molecule has 2 bridgehead atoms. The van der Waals surface area contributed by atoms with Gasteiger partial charge in [-0.05, 0) is 51.1 Å². The van der Waals surface area contributed by atoms with Crippen LogP contribution < -0.4 is 4.74 Å². The number of nitrogens with zero attached hydrogens (tertiary/aromatic N) is 1. The van der Waals surface area contributed by atoms with Gasteiger partial charge in [-0.2, -0.15) is 0 Å². The first-order valence-electron chi connectivity index (χ1n) is 11.7. The smallest absolute Gasteiger partial charge is 0.352 e. The van der Waals surface area contributed by atoms with E-state index in [0.29, 0.717) is 19.4 Å². The number of ether oxygens (including phenoxy) is 3. The van der Waals surface area contributed by atoms with Gasteiger partial charge in [0.25, 0.3) is 0 Å². The standard InChI is InChI=1S/C24H29NO11/c1-10(34-22(32)17(28)16(27)20(29)30)21(31)35-13-5-6-24(33)14-9-11-3-4-12(26)18-15(11)23(24,19(13)36-18)7-8-25(14)2/h3-5,10,14,16-17,19-20,26-30,33H,6-9H2,1-2H3/t10-,14+,16+,17+,19-,23-,24+/m0/s1. The van der Waals surface area contributed by atoms with Crippen molar-refractivity contribution >= 4 is 11.9 Å². The predicted octanol–water partition coefficient (Wildman–Crippen LogP) is -1.82. The van der Waals surface area contributed by atoms with Gasteiger partial charge in [-0.3, -0.25) is 0 Å². The lowest BCUT2D eigenvalue weighted by atomic mass is 9.50. The van der Waals surface area contributed by atoms with Gasteiger partial charge in [0.2, 0.25) is 0 Å². The summed E-state index contributed by atoms with van der Waals surface area (Å²) in [6, 6.07) is 3.15. The highest BCUT2D eigenvalue weighted by Crippen LogP contribution is 2.65. The normalized spacial score (nSPS) is 32.6. The Morgan fingerprint density at radius 2 is 1.92 bits per heavy atom. The average molecular weight is 507 g/mol. The number of likely N-dealkylation sites (N-methyl/N-ethyl adjacent to an activating group) is 1. The van der Waals surface area contributed by atoms with E-state index in [2.05, 4.69) is 4.90 Å². The van der Waals surface area contributed by atoms with E-state index in [4.69, 9.17) is 24.4 Å². The van der Waals surface area contributed by atoms with Gasteiger partial charge in [-0.25, -0.2) is 9.59 Å². The summed E-state index contributed by atoms with van der Waals surface area (Å²) in [6.07, 6.45) is -6.58. The molecular weight excluding hydrogens is 478 g/mol. The summed E-state index contributed by atoms with van der Waals surface area (Å²) in [5, 5.41) is 59.6. The van der Waals surface area contributed by atoms with Crippen LogP contribution in [0.15, 0.2) is 24.0 Å². The topological polar surface area (TPSA) is 186 Å². The molecule has 1 fully saturated rings. The van der Waals surface area contributed by atoms with E-state index >= 15 is 0 Å². The molecule has 1 aromatic rings. The number of phenols is 1. The van der Waals surface area contributed by atoms with E-state index in [1.54, 1.807) is 12.1 Å². The van der Waals surface area contributed by atoms with Crippen LogP contribution in [0.5, 0.6) is 11.5 Å². The van der Waals surface area contributed by atoms with Gasteiger partial charge in [0.15, 0.2) is 36.1 Å². The third-order valence-electron chi connectivity index (χ3n) is 8.07. The zero-order chi connectivity index (χ0) is 26.2. The lowest BCUT2D eigenvalue weighted by molar-refractivity contribution is -0.192. The number of hydrogen-bond acceptors (Lipinski definition) is 12. The van der Waals surface area contributed by atoms with Crippen molar-refractivity contribution in [2.75, 3.05) is 13.6 Å². The van der Waals surface area contributed by atoms with Crippen molar-refractivity contribution in [2.24, 2.45) is 0 Å². The van der Waals surface area contributed by atoms with Gasteiger partial charge in [0, 0.05) is 18.0 Å². The number of hydrogen-bond donors (Lipinski definition) is 6. The molecule has 1 spiro atoms. The Hall–Kier alpha value is -2.74. The molecule has 1 aromatic carbocycles. The molecule has 7 atom stereocenters. The first-order chi connectivity index (χ1) is 16.9. The molecule has 0 amide bonds. The second-order valence-electron chi connectivity index (χ2n) is 9.95. The van der Waals surface area contributed by atoms with Crippen molar-refractivity contribution in [2.45, 2.75) is 73.9 Å². The Morgan fingerprint density at radius 3 is 2.61 bits per heavy atom. The van der Waals surface area contributed by atoms with Gasteiger partial charge >= 0.3 is 11.9 Å². The molecule has 36 heavy (non-hydrogen) atoms. The number of esters is 2. The van der Waals surface area contributed by atoms with Crippen molar-refractivity contribution < 1.29 is 54.4 Å². The summed E-state index contributed by atoms with van der Waals surface area (Å²) in [4.78, 5) is 26.9. The maximum absolute atomic E-state index is 12.8. The van der Waals surface area contributed by atoms with Gasteiger partial charge in [-0.1, -0.05) is 6.07 Å². The van der Waals surface area contributed by atoms with Crippen molar-refractivity contribution in [1.29, 1.82) is 0 Å². The molecule has 1 saturated heterocycles. The van der Waals surface area contributed by atoms with E-state index in [0.717, 1.165) is 11.1 Å². The Bertz CT molecular complexity index is 1140. The maximum atomic E-state index is 12.8. The minimum Gasteiger partial charge on any atom is -0.504 e. The third kappa shape index (κ3) is 3.29. The second-order valence-corrected chi connectivity index (χ2v) is 9.95. The first kappa shape index (κ1) is 24.9. The highest BCUT2D eigenvalue weighted by molar-refractivity contribution is 5.82. The summed E-state index contributed by atoms with van der Waals surface area (Å²) in [6.45, 7) is 1.83. The number of rotatable bonds is 6. The largest absolute Gasteiger partial charge is 0.504 e. The average Bonchev–Trinajstić information content (AvgIpc) is 3.19. The van der Waals surface area contributed by atoms with Crippen molar-refractivity contribution in [3.05, 3.63) is 35.1 Å². The zero-order valence-electron chi connectivity index (χ0n) is 19.7. The molecule has 2 heterocycles. The maximum Gasteiger partial charge on any atom is 0.352 e. The van der Waals surface area contributed by atoms with Gasteiger partial charge < -0.3 is 49.7 Å². The molecule has 0 radical (unpaired) electrons. The van der Waals surface area contributed by atoms with E-state index in [1.165, 1.54) is 6.92 Å². The van der Waals surface area contributed by atoms with Crippen LogP contribution >= 0.6 is 0 Å². The molecule has 2 aliphatic carbocycles. The Morgan fingerprint density at radius 1 is 1.19 bits per heavy atom.